The topological polar surface area (TPSA) is 92.3 Å². The molecule has 1 aromatic carbocycles. The molecule has 1 amide bonds. The lowest BCUT2D eigenvalue weighted by molar-refractivity contribution is -0.131. The van der Waals surface area contributed by atoms with Crippen molar-refractivity contribution in [1.82, 2.24) is 19.6 Å². The average molecular weight is 403 g/mol. The molecule has 0 unspecified atom stereocenters. The van der Waals surface area contributed by atoms with Gasteiger partial charge in [-0.2, -0.15) is 0 Å². The zero-order chi connectivity index (χ0) is 20.4. The fourth-order valence-corrected chi connectivity index (χ4v) is 4.18. The van der Waals surface area contributed by atoms with Crippen LogP contribution in [0.1, 0.15) is 44.0 Å². The number of nitrogens with zero attached hydrogens (tertiary/aromatic N) is 3. The number of benzene rings is 1. The number of nitrogens with one attached hydrogen (secondary N) is 1. The van der Waals surface area contributed by atoms with Crippen molar-refractivity contribution < 1.29 is 13.2 Å². The second-order valence-corrected chi connectivity index (χ2v) is 9.75. The highest BCUT2D eigenvalue weighted by molar-refractivity contribution is 7.89. The Balaban J connectivity index is 1.55. The minimum Gasteiger partial charge on any atom is -0.338 e. The summed E-state index contributed by atoms with van der Waals surface area (Å²) in [5.41, 5.74) is 2.94. The van der Waals surface area contributed by atoms with Crippen LogP contribution in [0, 0.1) is 0 Å². The van der Waals surface area contributed by atoms with Crippen LogP contribution in [0.25, 0.3) is 0 Å². The van der Waals surface area contributed by atoms with Gasteiger partial charge in [0.05, 0.1) is 10.6 Å². The largest absolute Gasteiger partial charge is 0.338 e. The number of carbonyl (C=O) groups is 1. The average Bonchev–Trinajstić information content (AvgIpc) is 2.67. The van der Waals surface area contributed by atoms with E-state index < -0.39 is 10.0 Å². The summed E-state index contributed by atoms with van der Waals surface area (Å²) in [5.74, 6) is -0.0831. The molecule has 0 spiro atoms. The van der Waals surface area contributed by atoms with Crippen molar-refractivity contribution in [2.45, 2.75) is 50.5 Å². The maximum absolute atomic E-state index is 12.5. The van der Waals surface area contributed by atoms with Crippen molar-refractivity contribution in [3.8, 4) is 0 Å². The molecule has 0 fully saturated rings. The molecule has 2 aromatic rings. The summed E-state index contributed by atoms with van der Waals surface area (Å²) in [6.45, 7) is 7.35. The van der Waals surface area contributed by atoms with Crippen LogP contribution in [-0.2, 0) is 33.2 Å². The van der Waals surface area contributed by atoms with Crippen molar-refractivity contribution >= 4 is 15.9 Å². The third kappa shape index (κ3) is 4.74. The summed E-state index contributed by atoms with van der Waals surface area (Å²) in [5, 5.41) is 0. The van der Waals surface area contributed by atoms with Crippen molar-refractivity contribution in [2.75, 3.05) is 13.1 Å². The van der Waals surface area contributed by atoms with Gasteiger partial charge in [0.15, 0.2) is 0 Å². The zero-order valence-corrected chi connectivity index (χ0v) is 17.3. The summed E-state index contributed by atoms with van der Waals surface area (Å²) in [4.78, 5) is 22.6. The summed E-state index contributed by atoms with van der Waals surface area (Å²) in [6.07, 6.45) is 4.04. The van der Waals surface area contributed by atoms with Gasteiger partial charge >= 0.3 is 0 Å². The molecule has 1 aliphatic heterocycles. The quantitative estimate of drug-likeness (QED) is 0.826. The molecular formula is C20H26N4O3S. The number of rotatable bonds is 5. The highest BCUT2D eigenvalue weighted by Crippen LogP contribution is 2.23. The molecule has 1 aliphatic rings. The Hall–Kier alpha value is -2.32. The van der Waals surface area contributed by atoms with Crippen LogP contribution >= 0.6 is 0 Å². The first-order chi connectivity index (χ1) is 13.2. The first-order valence-corrected chi connectivity index (χ1v) is 10.8. The smallest absolute Gasteiger partial charge is 0.240 e. The number of sulfonamides is 1. The molecule has 3 rings (SSSR count). The third-order valence-electron chi connectivity index (χ3n) is 4.88. The SMILES string of the molecule is CC(C)(C)c1ccc(S(=O)(=O)NCCC(=O)N2CCc3ncncc3C2)cc1. The van der Waals surface area contributed by atoms with Crippen LogP contribution in [0.3, 0.4) is 0 Å². The van der Waals surface area contributed by atoms with Gasteiger partial charge in [-0.05, 0) is 23.1 Å². The van der Waals surface area contributed by atoms with Crippen LogP contribution in [0.2, 0.25) is 0 Å². The van der Waals surface area contributed by atoms with E-state index in [2.05, 4.69) is 35.5 Å². The van der Waals surface area contributed by atoms with Crippen LogP contribution < -0.4 is 4.72 Å². The van der Waals surface area contributed by atoms with Gasteiger partial charge in [-0.1, -0.05) is 32.9 Å². The van der Waals surface area contributed by atoms with E-state index in [1.54, 1.807) is 23.2 Å². The van der Waals surface area contributed by atoms with Crippen molar-refractivity contribution in [3.05, 3.63) is 53.6 Å². The minimum atomic E-state index is -3.64. The van der Waals surface area contributed by atoms with E-state index in [1.807, 2.05) is 12.1 Å². The zero-order valence-electron chi connectivity index (χ0n) is 16.5. The normalized spacial score (nSPS) is 14.6. The van der Waals surface area contributed by atoms with E-state index in [1.165, 1.54) is 6.33 Å². The van der Waals surface area contributed by atoms with E-state index in [0.29, 0.717) is 19.5 Å². The Bertz CT molecular complexity index is 950. The molecule has 2 heterocycles. The van der Waals surface area contributed by atoms with Crippen LogP contribution in [0.4, 0.5) is 0 Å². The van der Waals surface area contributed by atoms with Gasteiger partial charge in [-0.25, -0.2) is 23.1 Å². The van der Waals surface area contributed by atoms with Gasteiger partial charge in [-0.15, -0.1) is 0 Å². The lowest BCUT2D eigenvalue weighted by atomic mass is 9.87. The molecule has 0 saturated heterocycles. The molecule has 1 aromatic heterocycles. The molecule has 0 aliphatic carbocycles. The Morgan fingerprint density at radius 3 is 2.61 bits per heavy atom. The summed E-state index contributed by atoms with van der Waals surface area (Å²) in [7, 11) is -3.64. The Morgan fingerprint density at radius 1 is 1.21 bits per heavy atom. The number of carbonyl (C=O) groups excluding carboxylic acids is 1. The van der Waals surface area contributed by atoms with E-state index in [0.717, 1.165) is 16.8 Å². The van der Waals surface area contributed by atoms with Gasteiger partial charge in [0.25, 0.3) is 0 Å². The van der Waals surface area contributed by atoms with Crippen LogP contribution in [0.15, 0.2) is 41.7 Å². The van der Waals surface area contributed by atoms with Crippen molar-refractivity contribution in [1.29, 1.82) is 0 Å². The molecular weight excluding hydrogens is 376 g/mol. The molecule has 28 heavy (non-hydrogen) atoms. The van der Waals surface area contributed by atoms with Gasteiger partial charge in [0, 0.05) is 44.2 Å². The molecule has 0 atom stereocenters. The summed E-state index contributed by atoms with van der Waals surface area (Å²) >= 11 is 0. The van der Waals surface area contributed by atoms with E-state index >= 15 is 0 Å². The first-order valence-electron chi connectivity index (χ1n) is 9.32. The number of fused-ring (bicyclic) bond motifs is 1. The van der Waals surface area contributed by atoms with Gasteiger partial charge in [0.1, 0.15) is 6.33 Å². The number of hydrogen-bond donors (Lipinski definition) is 1. The predicted octanol–water partition coefficient (Wildman–Crippen LogP) is 2.03. The van der Waals surface area contributed by atoms with Gasteiger partial charge in [0.2, 0.25) is 15.9 Å². The molecule has 8 heteroatoms. The molecule has 150 valence electrons. The van der Waals surface area contributed by atoms with E-state index in [9.17, 15) is 13.2 Å². The standard InChI is InChI=1S/C20H26N4O3S/c1-20(2,3)16-4-6-17(7-5-16)28(26,27)23-10-8-19(25)24-11-9-18-15(13-24)12-21-14-22-18/h4-7,12,14,23H,8-11,13H2,1-3H3. The maximum atomic E-state index is 12.5. The van der Waals surface area contributed by atoms with Crippen molar-refractivity contribution in [3.63, 3.8) is 0 Å². The fraction of sp³-hybridized carbons (Fsp3) is 0.450. The Kier molecular flexibility index (Phi) is 5.81. The Morgan fingerprint density at radius 2 is 1.93 bits per heavy atom. The van der Waals surface area contributed by atoms with Crippen molar-refractivity contribution in [2.24, 2.45) is 0 Å². The fourth-order valence-electron chi connectivity index (χ4n) is 3.15. The monoisotopic (exact) mass is 402 g/mol. The Labute approximate surface area is 166 Å². The number of hydrogen-bond acceptors (Lipinski definition) is 5. The highest BCUT2D eigenvalue weighted by Gasteiger charge is 2.22. The summed E-state index contributed by atoms with van der Waals surface area (Å²) < 4.78 is 27.4. The second kappa shape index (κ2) is 7.97. The van der Waals surface area contributed by atoms with E-state index in [4.69, 9.17) is 0 Å². The first kappa shape index (κ1) is 20.4. The maximum Gasteiger partial charge on any atom is 0.240 e. The molecule has 0 radical (unpaired) electrons. The van der Waals surface area contributed by atoms with Gasteiger partial charge in [-0.3, -0.25) is 4.79 Å². The second-order valence-electron chi connectivity index (χ2n) is 7.98. The number of amides is 1. The molecule has 0 bridgehead atoms. The van der Waals surface area contributed by atoms with Crippen LogP contribution in [0.5, 0.6) is 0 Å². The summed E-state index contributed by atoms with van der Waals surface area (Å²) in [6, 6.07) is 6.86. The van der Waals surface area contributed by atoms with Gasteiger partial charge < -0.3 is 4.90 Å². The molecule has 7 nitrogen and oxygen atoms in total. The molecule has 1 N–H and O–H groups in total. The lowest BCUT2D eigenvalue weighted by Gasteiger charge is -2.27. The van der Waals surface area contributed by atoms with E-state index in [-0.39, 0.29) is 29.2 Å². The minimum absolute atomic E-state index is 0.0414. The molecule has 0 saturated carbocycles. The van der Waals surface area contributed by atoms with Crippen LogP contribution in [-0.4, -0.2) is 42.3 Å². The third-order valence-corrected chi connectivity index (χ3v) is 6.35. The lowest BCUT2D eigenvalue weighted by Crippen LogP contribution is -2.38. The number of aromatic nitrogens is 2. The highest BCUT2D eigenvalue weighted by atomic mass is 32.2. The predicted molar refractivity (Wildman–Crippen MR) is 106 cm³/mol.